The molecular weight excluding hydrogens is 296 g/mol. The number of aromatic nitrogens is 5. The molecule has 8 nitrogen and oxygen atoms in total. The van der Waals surface area contributed by atoms with E-state index in [-0.39, 0.29) is 6.10 Å². The average molecular weight is 318 g/mol. The van der Waals surface area contributed by atoms with Crippen LogP contribution in [0.2, 0.25) is 0 Å². The third-order valence-corrected chi connectivity index (χ3v) is 4.24. The van der Waals surface area contributed by atoms with Crippen molar-refractivity contribution in [3.63, 3.8) is 0 Å². The van der Waals surface area contributed by atoms with E-state index in [1.54, 1.807) is 0 Å². The molecule has 1 atom stereocenters. The Morgan fingerprint density at radius 2 is 2.22 bits per heavy atom. The van der Waals surface area contributed by atoms with Gasteiger partial charge in [-0.3, -0.25) is 10.00 Å². The van der Waals surface area contributed by atoms with Crippen LogP contribution >= 0.6 is 0 Å². The number of ether oxygens (including phenoxy) is 1. The highest BCUT2D eigenvalue weighted by molar-refractivity contribution is 5.01. The Kier molecular flexibility index (Phi) is 4.09. The number of aromatic amines is 1. The minimum Gasteiger partial charge on any atom is -0.424 e. The Balaban J connectivity index is 1.37. The van der Waals surface area contributed by atoms with Crippen LogP contribution in [0.25, 0.3) is 0 Å². The van der Waals surface area contributed by atoms with E-state index < -0.39 is 0 Å². The minimum atomic E-state index is -0.101. The van der Waals surface area contributed by atoms with E-state index in [1.807, 2.05) is 0 Å². The van der Waals surface area contributed by atoms with Gasteiger partial charge in [-0.25, -0.2) is 4.98 Å². The molecule has 0 unspecified atom stereocenters. The summed E-state index contributed by atoms with van der Waals surface area (Å²) in [6.45, 7) is 5.04. The predicted octanol–water partition coefficient (Wildman–Crippen LogP) is 1.59. The Bertz CT molecular complexity index is 650. The lowest BCUT2D eigenvalue weighted by atomic mass is 10.2. The summed E-state index contributed by atoms with van der Waals surface area (Å²) >= 11 is 0. The number of hydrogen-bond acceptors (Lipinski definition) is 7. The molecule has 3 heterocycles. The van der Waals surface area contributed by atoms with Gasteiger partial charge in [-0.2, -0.15) is 5.10 Å². The Morgan fingerprint density at radius 1 is 1.30 bits per heavy atom. The van der Waals surface area contributed by atoms with Crippen LogP contribution in [0, 0.1) is 0 Å². The zero-order chi connectivity index (χ0) is 15.6. The summed E-state index contributed by atoms with van der Waals surface area (Å²) in [7, 11) is 0. The van der Waals surface area contributed by atoms with Crippen LogP contribution in [-0.4, -0.2) is 50.0 Å². The molecule has 1 saturated carbocycles. The summed E-state index contributed by atoms with van der Waals surface area (Å²) in [4.78, 5) is 6.79. The van der Waals surface area contributed by atoms with Crippen molar-refractivity contribution in [1.82, 2.24) is 30.3 Å². The molecule has 0 bridgehead atoms. The summed E-state index contributed by atoms with van der Waals surface area (Å²) in [5.74, 6) is 3.65. The number of rotatable bonds is 6. The second-order valence-electron chi connectivity index (χ2n) is 6.29. The van der Waals surface area contributed by atoms with E-state index in [2.05, 4.69) is 37.2 Å². The highest BCUT2D eigenvalue weighted by atomic mass is 16.5. The molecule has 8 heteroatoms. The number of aryl methyl sites for hydroxylation is 1. The van der Waals surface area contributed by atoms with Gasteiger partial charge in [0.15, 0.2) is 5.82 Å². The first-order chi connectivity index (χ1) is 11.3. The van der Waals surface area contributed by atoms with Gasteiger partial charge in [-0.15, -0.1) is 10.2 Å². The highest BCUT2D eigenvalue weighted by Crippen LogP contribution is 2.39. The van der Waals surface area contributed by atoms with Crippen molar-refractivity contribution in [3.8, 4) is 0 Å². The van der Waals surface area contributed by atoms with Crippen LogP contribution in [0.3, 0.4) is 0 Å². The fraction of sp³-hybridized carbons (Fsp3) is 0.733. The third kappa shape index (κ3) is 3.42. The van der Waals surface area contributed by atoms with E-state index in [0.29, 0.717) is 25.0 Å². The summed E-state index contributed by atoms with van der Waals surface area (Å²) in [5.41, 5.74) is 0. The molecule has 2 aromatic heterocycles. The molecular formula is C15H22N6O2. The van der Waals surface area contributed by atoms with Crippen molar-refractivity contribution in [2.75, 3.05) is 19.7 Å². The molecule has 1 N–H and O–H groups in total. The van der Waals surface area contributed by atoms with Crippen LogP contribution < -0.4 is 0 Å². The van der Waals surface area contributed by atoms with Crippen molar-refractivity contribution in [3.05, 3.63) is 23.4 Å². The molecule has 2 fully saturated rings. The maximum atomic E-state index is 5.82. The molecule has 1 saturated heterocycles. The smallest absolute Gasteiger partial charge is 0.230 e. The monoisotopic (exact) mass is 318 g/mol. The topological polar surface area (TPSA) is 93.0 Å². The Hall–Kier alpha value is -1.80. The third-order valence-electron chi connectivity index (χ3n) is 4.24. The number of nitrogens with one attached hydrogen (secondary N) is 1. The van der Waals surface area contributed by atoms with E-state index in [4.69, 9.17) is 9.15 Å². The van der Waals surface area contributed by atoms with Crippen molar-refractivity contribution in [2.45, 2.75) is 51.2 Å². The van der Waals surface area contributed by atoms with Gasteiger partial charge in [0.25, 0.3) is 0 Å². The molecule has 23 heavy (non-hydrogen) atoms. The summed E-state index contributed by atoms with van der Waals surface area (Å²) in [5, 5.41) is 15.6. The summed E-state index contributed by atoms with van der Waals surface area (Å²) < 4.78 is 11.6. The zero-order valence-electron chi connectivity index (χ0n) is 13.4. The van der Waals surface area contributed by atoms with E-state index in [1.165, 1.54) is 12.8 Å². The molecule has 4 rings (SSSR count). The fourth-order valence-electron chi connectivity index (χ4n) is 2.82. The second-order valence-corrected chi connectivity index (χ2v) is 6.29. The highest BCUT2D eigenvalue weighted by Gasteiger charge is 2.30. The van der Waals surface area contributed by atoms with Crippen molar-refractivity contribution in [1.29, 1.82) is 0 Å². The normalized spacial score (nSPS) is 22.6. The van der Waals surface area contributed by atoms with Crippen LogP contribution in [-0.2, 0) is 17.7 Å². The quantitative estimate of drug-likeness (QED) is 0.864. The summed E-state index contributed by atoms with van der Waals surface area (Å²) in [6, 6.07) is 0. The SMILES string of the molecule is CCCc1nc([C@@H]2CN(Cc3nnc(C4CC4)o3)CCO2)n[nH]1. The second kappa shape index (κ2) is 6.37. The van der Waals surface area contributed by atoms with Crippen molar-refractivity contribution < 1.29 is 9.15 Å². The van der Waals surface area contributed by atoms with Gasteiger partial charge >= 0.3 is 0 Å². The lowest BCUT2D eigenvalue weighted by Crippen LogP contribution is -2.38. The van der Waals surface area contributed by atoms with E-state index in [0.717, 1.165) is 43.5 Å². The molecule has 0 amide bonds. The minimum absolute atomic E-state index is 0.101. The Morgan fingerprint density at radius 3 is 3.04 bits per heavy atom. The summed E-state index contributed by atoms with van der Waals surface area (Å²) in [6.07, 6.45) is 4.21. The van der Waals surface area contributed by atoms with Gasteiger partial charge in [0.2, 0.25) is 11.8 Å². The number of nitrogens with zero attached hydrogens (tertiary/aromatic N) is 5. The van der Waals surface area contributed by atoms with Crippen LogP contribution in [0.4, 0.5) is 0 Å². The molecule has 2 aromatic rings. The largest absolute Gasteiger partial charge is 0.424 e. The number of H-pyrrole nitrogens is 1. The van der Waals surface area contributed by atoms with Crippen LogP contribution in [0.15, 0.2) is 4.42 Å². The fourth-order valence-corrected chi connectivity index (χ4v) is 2.82. The van der Waals surface area contributed by atoms with Gasteiger partial charge in [0, 0.05) is 25.4 Å². The standard InChI is InChI=1S/C15H22N6O2/c1-2-3-12-16-14(19-17-12)11-8-21(6-7-22-11)9-13-18-20-15(23-13)10-4-5-10/h10-11H,2-9H2,1H3,(H,16,17,19)/t11-/m0/s1. The van der Waals surface area contributed by atoms with Gasteiger partial charge < -0.3 is 9.15 Å². The number of hydrogen-bond donors (Lipinski definition) is 1. The molecule has 0 aromatic carbocycles. The molecule has 0 spiro atoms. The maximum absolute atomic E-state index is 5.82. The van der Waals surface area contributed by atoms with Crippen LogP contribution in [0.5, 0.6) is 0 Å². The molecule has 0 radical (unpaired) electrons. The Labute approximate surface area is 134 Å². The van der Waals surface area contributed by atoms with Crippen molar-refractivity contribution in [2.24, 2.45) is 0 Å². The number of morpholine rings is 1. The molecule has 1 aliphatic heterocycles. The van der Waals surface area contributed by atoms with Crippen LogP contribution in [0.1, 0.15) is 61.6 Å². The van der Waals surface area contributed by atoms with Crippen molar-refractivity contribution >= 4 is 0 Å². The molecule has 124 valence electrons. The first-order valence-electron chi connectivity index (χ1n) is 8.39. The lowest BCUT2D eigenvalue weighted by Gasteiger charge is -2.30. The molecule has 2 aliphatic rings. The van der Waals surface area contributed by atoms with Gasteiger partial charge in [-0.05, 0) is 19.3 Å². The predicted molar refractivity (Wildman–Crippen MR) is 80.6 cm³/mol. The van der Waals surface area contributed by atoms with E-state index >= 15 is 0 Å². The van der Waals surface area contributed by atoms with Gasteiger partial charge in [-0.1, -0.05) is 6.92 Å². The lowest BCUT2D eigenvalue weighted by molar-refractivity contribution is -0.0393. The van der Waals surface area contributed by atoms with Gasteiger partial charge in [0.1, 0.15) is 11.9 Å². The first-order valence-corrected chi connectivity index (χ1v) is 8.39. The zero-order valence-corrected chi connectivity index (χ0v) is 13.4. The van der Waals surface area contributed by atoms with E-state index in [9.17, 15) is 0 Å². The first kappa shape index (κ1) is 14.8. The maximum Gasteiger partial charge on any atom is 0.230 e. The van der Waals surface area contributed by atoms with Gasteiger partial charge in [0.05, 0.1) is 13.2 Å². The molecule has 1 aliphatic carbocycles. The average Bonchev–Trinajstić information content (AvgIpc) is 3.13.